The predicted molar refractivity (Wildman–Crippen MR) is 73.3 cm³/mol. The van der Waals surface area contributed by atoms with Crippen molar-refractivity contribution in [1.29, 1.82) is 0 Å². The summed E-state index contributed by atoms with van der Waals surface area (Å²) in [4.78, 5) is 11.3. The Bertz CT molecular complexity index is 367. The van der Waals surface area contributed by atoms with E-state index in [2.05, 4.69) is 0 Å². The average Bonchev–Trinajstić information content (AvgIpc) is 2.38. The Balaban J connectivity index is 2.27. The van der Waals surface area contributed by atoms with Crippen LogP contribution in [0.15, 0.2) is 30.3 Å². The van der Waals surface area contributed by atoms with Gasteiger partial charge in [-0.3, -0.25) is 0 Å². The standard InChI is InChI=1S/C14H19ClO4/c1-11(2)18-14(16)19-13(8-15)10-17-9-12-6-4-3-5-7-12/h3-7,11,13H,8-10H2,1-2H3. The van der Waals surface area contributed by atoms with Crippen molar-refractivity contribution in [2.45, 2.75) is 32.7 Å². The Kier molecular flexibility index (Phi) is 7.30. The molecule has 0 bridgehead atoms. The van der Waals surface area contributed by atoms with Gasteiger partial charge in [0, 0.05) is 0 Å². The number of benzene rings is 1. The highest BCUT2D eigenvalue weighted by Crippen LogP contribution is 2.05. The minimum atomic E-state index is -0.719. The fraction of sp³-hybridized carbons (Fsp3) is 0.500. The van der Waals surface area contributed by atoms with Gasteiger partial charge < -0.3 is 14.2 Å². The molecule has 0 saturated heterocycles. The lowest BCUT2D eigenvalue weighted by Gasteiger charge is -2.16. The van der Waals surface area contributed by atoms with Crippen LogP contribution < -0.4 is 0 Å². The topological polar surface area (TPSA) is 44.8 Å². The van der Waals surface area contributed by atoms with Crippen LogP contribution in [0, 0.1) is 0 Å². The molecule has 0 fully saturated rings. The summed E-state index contributed by atoms with van der Waals surface area (Å²) < 4.78 is 15.4. The highest BCUT2D eigenvalue weighted by molar-refractivity contribution is 6.18. The molecule has 106 valence electrons. The zero-order valence-electron chi connectivity index (χ0n) is 11.2. The van der Waals surface area contributed by atoms with Gasteiger partial charge in [-0.05, 0) is 19.4 Å². The normalized spacial score (nSPS) is 12.2. The highest BCUT2D eigenvalue weighted by Gasteiger charge is 2.15. The van der Waals surface area contributed by atoms with Gasteiger partial charge in [0.1, 0.15) is 6.10 Å². The minimum Gasteiger partial charge on any atom is -0.432 e. The van der Waals surface area contributed by atoms with Crippen LogP contribution >= 0.6 is 11.6 Å². The SMILES string of the molecule is CC(C)OC(=O)OC(CCl)COCc1ccccc1. The van der Waals surface area contributed by atoms with E-state index in [1.165, 1.54) is 0 Å². The van der Waals surface area contributed by atoms with Crippen molar-refractivity contribution in [3.8, 4) is 0 Å². The van der Waals surface area contributed by atoms with Crippen LogP contribution in [0.3, 0.4) is 0 Å². The summed E-state index contributed by atoms with van der Waals surface area (Å²) in [7, 11) is 0. The molecule has 0 aliphatic rings. The number of rotatable bonds is 7. The third kappa shape index (κ3) is 7.03. The molecule has 1 aromatic carbocycles. The van der Waals surface area contributed by atoms with Crippen molar-refractivity contribution in [3.05, 3.63) is 35.9 Å². The van der Waals surface area contributed by atoms with Crippen molar-refractivity contribution in [3.63, 3.8) is 0 Å². The molecule has 1 aromatic rings. The van der Waals surface area contributed by atoms with Crippen LogP contribution in [0.2, 0.25) is 0 Å². The fourth-order valence-corrected chi connectivity index (χ4v) is 1.50. The maximum Gasteiger partial charge on any atom is 0.508 e. The fourth-order valence-electron chi connectivity index (χ4n) is 1.35. The first kappa shape index (κ1) is 15.8. The molecular formula is C14H19ClO4. The Hall–Kier alpha value is -1.26. The first-order valence-electron chi connectivity index (χ1n) is 6.16. The van der Waals surface area contributed by atoms with E-state index in [1.54, 1.807) is 13.8 Å². The van der Waals surface area contributed by atoms with E-state index in [9.17, 15) is 4.79 Å². The summed E-state index contributed by atoms with van der Waals surface area (Å²) in [5.74, 6) is 0.169. The number of ether oxygens (including phenoxy) is 3. The molecule has 0 aliphatic heterocycles. The molecule has 4 nitrogen and oxygen atoms in total. The molecule has 0 spiro atoms. The molecule has 0 saturated carbocycles. The Morgan fingerprint density at radius 2 is 1.89 bits per heavy atom. The molecule has 0 amide bonds. The second-order valence-corrected chi connectivity index (χ2v) is 4.62. The molecule has 1 atom stereocenters. The number of carbonyl (C=O) groups is 1. The van der Waals surface area contributed by atoms with E-state index in [0.29, 0.717) is 6.61 Å². The van der Waals surface area contributed by atoms with Gasteiger partial charge in [-0.15, -0.1) is 11.6 Å². The van der Waals surface area contributed by atoms with E-state index >= 15 is 0 Å². The molecule has 0 aliphatic carbocycles. The van der Waals surface area contributed by atoms with E-state index in [1.807, 2.05) is 30.3 Å². The van der Waals surface area contributed by atoms with Gasteiger partial charge in [-0.1, -0.05) is 30.3 Å². The number of carbonyl (C=O) groups excluding carboxylic acids is 1. The van der Waals surface area contributed by atoms with E-state index in [0.717, 1.165) is 5.56 Å². The maximum atomic E-state index is 11.3. The average molecular weight is 287 g/mol. The molecule has 1 rings (SSSR count). The minimum absolute atomic E-state index is 0.169. The quantitative estimate of drug-likeness (QED) is 0.569. The van der Waals surface area contributed by atoms with Crippen LogP contribution in [-0.4, -0.2) is 30.9 Å². The van der Waals surface area contributed by atoms with E-state index in [-0.39, 0.29) is 18.6 Å². The van der Waals surface area contributed by atoms with E-state index in [4.69, 9.17) is 25.8 Å². The van der Waals surface area contributed by atoms with Gasteiger partial charge in [-0.2, -0.15) is 0 Å². The Morgan fingerprint density at radius 3 is 2.47 bits per heavy atom. The first-order valence-corrected chi connectivity index (χ1v) is 6.70. The Labute approximate surface area is 118 Å². The molecular weight excluding hydrogens is 268 g/mol. The molecule has 0 heterocycles. The summed E-state index contributed by atoms with van der Waals surface area (Å²) in [6.07, 6.45) is -1.44. The second-order valence-electron chi connectivity index (χ2n) is 4.31. The van der Waals surface area contributed by atoms with E-state index < -0.39 is 12.3 Å². The van der Waals surface area contributed by atoms with Gasteiger partial charge >= 0.3 is 6.16 Å². The van der Waals surface area contributed by atoms with Crippen LogP contribution in [0.1, 0.15) is 19.4 Å². The summed E-state index contributed by atoms with van der Waals surface area (Å²) in [6.45, 7) is 4.20. The van der Waals surface area contributed by atoms with Gasteiger partial charge in [0.25, 0.3) is 0 Å². The summed E-state index contributed by atoms with van der Waals surface area (Å²) in [5, 5.41) is 0. The van der Waals surface area contributed by atoms with Crippen molar-refractivity contribution in [2.75, 3.05) is 12.5 Å². The van der Waals surface area contributed by atoms with Gasteiger partial charge in [-0.25, -0.2) is 4.79 Å². The summed E-state index contributed by atoms with van der Waals surface area (Å²) >= 11 is 5.72. The number of hydrogen-bond acceptors (Lipinski definition) is 4. The molecule has 5 heteroatoms. The lowest BCUT2D eigenvalue weighted by Crippen LogP contribution is -2.27. The first-order chi connectivity index (χ1) is 9.11. The molecule has 0 N–H and O–H groups in total. The molecule has 19 heavy (non-hydrogen) atoms. The van der Waals surface area contributed by atoms with Gasteiger partial charge in [0.15, 0.2) is 0 Å². The summed E-state index contributed by atoms with van der Waals surface area (Å²) in [6, 6.07) is 9.74. The predicted octanol–water partition coefficient (Wildman–Crippen LogP) is 3.37. The van der Waals surface area contributed by atoms with Crippen LogP contribution in [0.25, 0.3) is 0 Å². The van der Waals surface area contributed by atoms with Crippen LogP contribution in [0.4, 0.5) is 4.79 Å². The molecule has 1 unspecified atom stereocenters. The lowest BCUT2D eigenvalue weighted by molar-refractivity contribution is -0.0211. The third-order valence-corrected chi connectivity index (χ3v) is 2.53. The number of alkyl halides is 1. The van der Waals surface area contributed by atoms with Crippen molar-refractivity contribution >= 4 is 17.8 Å². The largest absolute Gasteiger partial charge is 0.508 e. The van der Waals surface area contributed by atoms with Crippen molar-refractivity contribution in [2.24, 2.45) is 0 Å². The van der Waals surface area contributed by atoms with Gasteiger partial charge in [0.05, 0.1) is 25.2 Å². The number of hydrogen-bond donors (Lipinski definition) is 0. The zero-order chi connectivity index (χ0) is 14.1. The van der Waals surface area contributed by atoms with Gasteiger partial charge in [0.2, 0.25) is 0 Å². The van der Waals surface area contributed by atoms with Crippen LogP contribution in [0.5, 0.6) is 0 Å². The summed E-state index contributed by atoms with van der Waals surface area (Å²) in [5.41, 5.74) is 1.06. The molecule has 0 aromatic heterocycles. The number of halogens is 1. The van der Waals surface area contributed by atoms with Crippen molar-refractivity contribution in [1.82, 2.24) is 0 Å². The Morgan fingerprint density at radius 1 is 1.21 bits per heavy atom. The third-order valence-electron chi connectivity index (χ3n) is 2.18. The highest BCUT2D eigenvalue weighted by atomic mass is 35.5. The van der Waals surface area contributed by atoms with Crippen LogP contribution in [-0.2, 0) is 20.8 Å². The lowest BCUT2D eigenvalue weighted by atomic mass is 10.2. The maximum absolute atomic E-state index is 11.3. The smallest absolute Gasteiger partial charge is 0.432 e. The molecule has 0 radical (unpaired) electrons. The zero-order valence-corrected chi connectivity index (χ0v) is 11.9. The monoisotopic (exact) mass is 286 g/mol. The van der Waals surface area contributed by atoms with Crippen molar-refractivity contribution < 1.29 is 19.0 Å². The second kappa shape index (κ2) is 8.77.